The van der Waals surface area contributed by atoms with Gasteiger partial charge >= 0.3 is 0 Å². The van der Waals surface area contributed by atoms with Crippen LogP contribution in [0.15, 0.2) is 60.7 Å². The summed E-state index contributed by atoms with van der Waals surface area (Å²) in [6.45, 7) is 2.80. The highest BCUT2D eigenvalue weighted by Crippen LogP contribution is 2.44. The molecule has 0 aliphatic rings. The van der Waals surface area contributed by atoms with Crippen molar-refractivity contribution in [1.82, 2.24) is 5.32 Å². The topological polar surface area (TPSA) is 29.1 Å². The van der Waals surface area contributed by atoms with Crippen molar-refractivity contribution >= 4 is 34.7 Å². The molecular formula is C16H18NOPS. The van der Waals surface area contributed by atoms with Gasteiger partial charge in [-0.2, -0.15) is 0 Å². The van der Waals surface area contributed by atoms with Crippen LogP contribution in [0.25, 0.3) is 0 Å². The third-order valence-corrected chi connectivity index (χ3v) is 6.75. The van der Waals surface area contributed by atoms with Crippen molar-refractivity contribution in [3.8, 4) is 0 Å². The highest BCUT2D eigenvalue weighted by molar-refractivity contribution is 8.07. The summed E-state index contributed by atoms with van der Waals surface area (Å²) in [5, 5.41) is 4.69. The van der Waals surface area contributed by atoms with Crippen molar-refractivity contribution in [2.24, 2.45) is 0 Å². The maximum atomic E-state index is 13.6. The lowest BCUT2D eigenvalue weighted by Crippen LogP contribution is -2.31. The third-order valence-electron chi connectivity index (χ3n) is 3.05. The van der Waals surface area contributed by atoms with E-state index in [0.29, 0.717) is 4.73 Å². The molecule has 4 heteroatoms. The maximum absolute atomic E-state index is 13.6. The van der Waals surface area contributed by atoms with Crippen LogP contribution in [0.3, 0.4) is 0 Å². The number of benzene rings is 2. The van der Waals surface area contributed by atoms with Crippen molar-refractivity contribution < 1.29 is 4.57 Å². The van der Waals surface area contributed by atoms with Gasteiger partial charge in [0.1, 0.15) is 4.73 Å². The zero-order chi connectivity index (χ0) is 14.4. The Balaban J connectivity index is 2.50. The summed E-state index contributed by atoms with van der Waals surface area (Å²) in [4.78, 5) is 0. The zero-order valence-electron chi connectivity index (χ0n) is 11.5. The summed E-state index contributed by atoms with van der Waals surface area (Å²) in [5.41, 5.74) is 0. The lowest BCUT2D eigenvalue weighted by molar-refractivity contribution is 0.593. The molecule has 0 amide bonds. The van der Waals surface area contributed by atoms with Crippen LogP contribution in [0.5, 0.6) is 0 Å². The van der Waals surface area contributed by atoms with Gasteiger partial charge < -0.3 is 9.88 Å². The summed E-state index contributed by atoms with van der Waals surface area (Å²) >= 11 is 5.44. The summed E-state index contributed by atoms with van der Waals surface area (Å²) in [7, 11) is -2.92. The highest BCUT2D eigenvalue weighted by Gasteiger charge is 2.31. The van der Waals surface area contributed by atoms with Crippen LogP contribution in [-0.2, 0) is 4.57 Å². The molecule has 0 saturated carbocycles. The van der Waals surface area contributed by atoms with E-state index in [1.807, 2.05) is 60.7 Å². The number of nitrogens with one attached hydrogen (secondary N) is 1. The molecule has 0 heterocycles. The van der Waals surface area contributed by atoms with Crippen LogP contribution in [0.2, 0.25) is 0 Å². The van der Waals surface area contributed by atoms with Gasteiger partial charge in [-0.25, -0.2) is 0 Å². The fraction of sp³-hybridized carbons (Fsp3) is 0.188. The fourth-order valence-corrected chi connectivity index (χ4v) is 5.02. The van der Waals surface area contributed by atoms with Gasteiger partial charge in [0, 0.05) is 17.2 Å². The second kappa shape index (κ2) is 6.83. The average molecular weight is 303 g/mol. The van der Waals surface area contributed by atoms with E-state index < -0.39 is 7.14 Å². The van der Waals surface area contributed by atoms with Gasteiger partial charge in [0.05, 0.1) is 0 Å². The van der Waals surface area contributed by atoms with E-state index in [1.54, 1.807) is 0 Å². The molecule has 20 heavy (non-hydrogen) atoms. The first-order valence-electron chi connectivity index (χ1n) is 6.69. The van der Waals surface area contributed by atoms with E-state index >= 15 is 0 Å². The highest BCUT2D eigenvalue weighted by atomic mass is 32.1. The van der Waals surface area contributed by atoms with E-state index in [0.717, 1.165) is 23.6 Å². The number of hydrogen-bond donors (Lipinski definition) is 1. The lowest BCUT2D eigenvalue weighted by atomic mass is 10.4. The standard InChI is InChI=1S/C16H18NOPS/c1-2-13-17-16(20)19(18,14-9-5-3-6-10-14)15-11-7-4-8-12-15/h3-12H,2,13H2,1H3,(H,17,20). The van der Waals surface area contributed by atoms with Crippen LogP contribution in [0.4, 0.5) is 0 Å². The minimum atomic E-state index is -2.92. The minimum Gasteiger partial charge on any atom is -0.373 e. The van der Waals surface area contributed by atoms with E-state index in [-0.39, 0.29) is 0 Å². The predicted octanol–water partition coefficient (Wildman–Crippen LogP) is 3.29. The van der Waals surface area contributed by atoms with E-state index in [4.69, 9.17) is 12.2 Å². The smallest absolute Gasteiger partial charge is 0.196 e. The second-order valence-corrected chi connectivity index (χ2v) is 7.92. The third kappa shape index (κ3) is 3.00. The lowest BCUT2D eigenvalue weighted by Gasteiger charge is -2.21. The predicted molar refractivity (Wildman–Crippen MR) is 90.7 cm³/mol. The molecule has 0 fully saturated rings. The second-order valence-electron chi connectivity index (χ2n) is 4.51. The Bertz CT molecular complexity index is 569. The van der Waals surface area contributed by atoms with Crippen LogP contribution >= 0.6 is 19.4 Å². The quantitative estimate of drug-likeness (QED) is 0.679. The molecule has 0 aliphatic heterocycles. The van der Waals surface area contributed by atoms with E-state index in [9.17, 15) is 4.57 Å². The Morgan fingerprint density at radius 3 is 1.85 bits per heavy atom. The van der Waals surface area contributed by atoms with Crippen molar-refractivity contribution in [2.75, 3.05) is 6.54 Å². The van der Waals surface area contributed by atoms with Gasteiger partial charge in [-0.05, 0) is 6.42 Å². The first-order valence-corrected chi connectivity index (χ1v) is 8.80. The monoisotopic (exact) mass is 303 g/mol. The fourth-order valence-electron chi connectivity index (χ4n) is 2.00. The molecule has 2 nitrogen and oxygen atoms in total. The zero-order valence-corrected chi connectivity index (χ0v) is 13.2. The van der Waals surface area contributed by atoms with Crippen molar-refractivity contribution in [2.45, 2.75) is 13.3 Å². The molecule has 104 valence electrons. The Kier molecular flexibility index (Phi) is 5.11. The summed E-state index contributed by atoms with van der Waals surface area (Å²) in [6, 6.07) is 19.0. The molecule has 0 aromatic heterocycles. The van der Waals surface area contributed by atoms with Gasteiger partial charge in [0.15, 0.2) is 7.14 Å². The van der Waals surface area contributed by atoms with E-state index in [2.05, 4.69) is 12.2 Å². The van der Waals surface area contributed by atoms with Crippen LogP contribution in [-0.4, -0.2) is 11.3 Å². The first kappa shape index (κ1) is 15.0. The van der Waals surface area contributed by atoms with Crippen molar-refractivity contribution in [3.05, 3.63) is 60.7 Å². The Morgan fingerprint density at radius 2 is 1.45 bits per heavy atom. The molecule has 2 aromatic carbocycles. The van der Waals surface area contributed by atoms with Crippen LogP contribution in [0, 0.1) is 0 Å². The number of rotatable bonds is 5. The largest absolute Gasteiger partial charge is 0.373 e. The minimum absolute atomic E-state index is 0.441. The van der Waals surface area contributed by atoms with Crippen LogP contribution < -0.4 is 15.9 Å². The van der Waals surface area contributed by atoms with E-state index in [1.165, 1.54) is 0 Å². The van der Waals surface area contributed by atoms with Crippen molar-refractivity contribution in [3.63, 3.8) is 0 Å². The molecule has 1 N–H and O–H groups in total. The molecule has 2 rings (SSSR count). The van der Waals surface area contributed by atoms with Gasteiger partial charge in [0.25, 0.3) is 0 Å². The Morgan fingerprint density at radius 1 is 1.00 bits per heavy atom. The normalized spacial score (nSPS) is 11.1. The molecular weight excluding hydrogens is 285 g/mol. The van der Waals surface area contributed by atoms with Gasteiger partial charge in [-0.1, -0.05) is 79.8 Å². The summed E-state index contributed by atoms with van der Waals surface area (Å²) < 4.78 is 14.1. The molecule has 0 radical (unpaired) electrons. The van der Waals surface area contributed by atoms with Crippen LogP contribution in [0.1, 0.15) is 13.3 Å². The Labute approximate surface area is 125 Å². The SMILES string of the molecule is CCCNC(=S)P(=O)(c1ccccc1)c1ccccc1. The molecule has 0 spiro atoms. The Hall–Kier alpha value is -1.44. The number of hydrogen-bond acceptors (Lipinski definition) is 2. The van der Waals surface area contributed by atoms with Gasteiger partial charge in [-0.15, -0.1) is 0 Å². The maximum Gasteiger partial charge on any atom is 0.196 e. The van der Waals surface area contributed by atoms with Gasteiger partial charge in [0.2, 0.25) is 0 Å². The molecule has 2 aromatic rings. The number of thiocarbonyl (C=S) groups is 1. The summed E-state index contributed by atoms with van der Waals surface area (Å²) in [6.07, 6.45) is 0.948. The first-order chi connectivity index (χ1) is 9.69. The molecule has 0 atom stereocenters. The molecule has 0 saturated heterocycles. The molecule has 0 bridgehead atoms. The average Bonchev–Trinajstić information content (AvgIpc) is 2.53. The summed E-state index contributed by atoms with van der Waals surface area (Å²) in [5.74, 6) is 0. The van der Waals surface area contributed by atoms with Crippen molar-refractivity contribution in [1.29, 1.82) is 0 Å². The molecule has 0 unspecified atom stereocenters. The molecule has 0 aliphatic carbocycles. The van der Waals surface area contributed by atoms with Gasteiger partial charge in [-0.3, -0.25) is 0 Å².